The molecule has 0 unspecified atom stereocenters. The summed E-state index contributed by atoms with van der Waals surface area (Å²) in [5, 5.41) is 101. The molecule has 0 bridgehead atoms. The summed E-state index contributed by atoms with van der Waals surface area (Å²) in [4.78, 5) is 12.2. The lowest BCUT2D eigenvalue weighted by Gasteiger charge is -2.59. The van der Waals surface area contributed by atoms with Crippen LogP contribution in [0.25, 0.3) is 0 Å². The van der Waals surface area contributed by atoms with E-state index in [-0.39, 0.29) is 22.9 Å². The molecule has 0 aromatic carbocycles. The van der Waals surface area contributed by atoms with Crippen LogP contribution in [-0.4, -0.2) is 181 Å². The molecular weight excluding hydrogens is 840 g/mol. The summed E-state index contributed by atoms with van der Waals surface area (Å²) in [7, 11) is 0. The Kier molecular flexibility index (Phi) is 13.2. The number of rotatable bonds is 9. The third kappa shape index (κ3) is 7.54. The third-order valence-electron chi connectivity index (χ3n) is 18.1. The summed E-state index contributed by atoms with van der Waals surface area (Å²) in [5.41, 5.74) is 0.641. The average Bonchev–Trinajstić information content (AvgIpc) is 3.73. The van der Waals surface area contributed by atoms with Crippen LogP contribution in [0.5, 0.6) is 0 Å². The van der Waals surface area contributed by atoms with Crippen molar-refractivity contribution in [1.82, 2.24) is 5.01 Å². The second-order valence-electron chi connectivity index (χ2n) is 21.5. The van der Waals surface area contributed by atoms with Gasteiger partial charge in [-0.25, -0.2) is 5.01 Å². The van der Waals surface area contributed by atoms with Crippen LogP contribution in [0.15, 0.2) is 16.9 Å². The molecule has 26 atom stereocenters. The molecule has 0 aromatic heterocycles. The molecule has 19 heteroatoms. The van der Waals surface area contributed by atoms with Gasteiger partial charge in [-0.3, -0.25) is 0 Å². The highest BCUT2D eigenvalue weighted by molar-refractivity contribution is 5.27. The van der Waals surface area contributed by atoms with Crippen molar-refractivity contribution in [3.05, 3.63) is 16.6 Å². The van der Waals surface area contributed by atoms with Gasteiger partial charge < -0.3 is 79.1 Å². The number of hydrogen-bond donors (Lipinski definition) is 9. The molecule has 9 N–H and O–H groups in total. The first-order valence-electron chi connectivity index (χ1n) is 23.8. The summed E-state index contributed by atoms with van der Waals surface area (Å²) in [6.07, 6.45) is -13.4. The molecule has 0 radical (unpaired) electrons. The lowest BCUT2D eigenvalue weighted by molar-refractivity contribution is -0.394. The van der Waals surface area contributed by atoms with E-state index in [4.69, 9.17) is 33.2 Å². The molecular formula is C45H72N2O17. The Morgan fingerprint density at radius 2 is 1.39 bits per heavy atom. The molecule has 5 aliphatic heterocycles. The Balaban J connectivity index is 0.941. The van der Waals surface area contributed by atoms with Crippen molar-refractivity contribution in [1.29, 1.82) is 0 Å². The van der Waals surface area contributed by atoms with E-state index < -0.39 is 117 Å². The molecule has 9 aliphatic rings. The maximum absolute atomic E-state index is 12.2. The third-order valence-corrected chi connectivity index (χ3v) is 18.1. The Labute approximate surface area is 373 Å². The fourth-order valence-electron chi connectivity index (χ4n) is 14.5. The van der Waals surface area contributed by atoms with E-state index >= 15 is 0 Å². The predicted octanol–water partition coefficient (Wildman–Crippen LogP) is 0.181. The van der Waals surface area contributed by atoms with Crippen molar-refractivity contribution >= 4 is 0 Å². The van der Waals surface area contributed by atoms with Crippen LogP contribution < -0.4 is 0 Å². The van der Waals surface area contributed by atoms with E-state index in [1.807, 2.05) is 0 Å². The van der Waals surface area contributed by atoms with Crippen LogP contribution >= 0.6 is 0 Å². The summed E-state index contributed by atoms with van der Waals surface area (Å²) in [5.74, 6) is 2.31. The van der Waals surface area contributed by atoms with Crippen molar-refractivity contribution in [3.8, 4) is 0 Å². The SMILES string of the molecule is C[C@@H]1CC[C@]2(O[C@H]3C[C@H]4[C@@H]5CC=C6C[C@@H](O[C@@H]7O[C@H](CO)[C@H](O)[C@H](O[C@@H]8O[C@H](CO)[C@@H](O)[C@H](O)[C@H]8O)[C@H]7O[C@@H]7O[C@@H](C)[C@H](O)[C@@H](O)[C@H]7O)CC[C@]6(C)[C@H]5CC[C@]4(C)[C@H]3[C@@H]2C)N(N=O)C1. The van der Waals surface area contributed by atoms with E-state index in [0.717, 1.165) is 44.9 Å². The normalized spacial score (nSPS) is 56.2. The standard InChI is InChI=1S/C45H72N2O17/c1-19-8-13-45(47(16-19)46-57)20(2)30-27(64-45)15-26-24-7-6-22-14-23(9-11-43(22,4)25(24)10-12-44(26,30)5)59-42-39(63-40-36(55)34(53)31(50)21(3)58-40)38(33(52)29(18-49)61-42)62-41-37(56)35(54)32(51)28(17-48)60-41/h6,19-21,23-42,48-56H,7-18H2,1-5H3/t19-,20+,21+,23+,24-,25+,26+,27+,28-,29-,30+,31+,32-,33+,34-,35+,36-,37-,38+,39-,40+,41+,42-,43+,44+,45-/m1/s1. The maximum Gasteiger partial charge on any atom is 0.187 e. The molecule has 3 saturated carbocycles. The second-order valence-corrected chi connectivity index (χ2v) is 21.5. The minimum atomic E-state index is -1.85. The molecule has 8 fully saturated rings. The Morgan fingerprint density at radius 3 is 2.09 bits per heavy atom. The van der Waals surface area contributed by atoms with E-state index in [1.54, 1.807) is 5.01 Å². The fourth-order valence-corrected chi connectivity index (χ4v) is 14.5. The molecule has 364 valence electrons. The number of hydrogen-bond acceptors (Lipinski definition) is 18. The number of aliphatic hydroxyl groups excluding tert-OH is 9. The summed E-state index contributed by atoms with van der Waals surface area (Å²) < 4.78 is 43.8. The first kappa shape index (κ1) is 47.6. The molecule has 1 spiro atoms. The summed E-state index contributed by atoms with van der Waals surface area (Å²) in [6, 6.07) is 0. The largest absolute Gasteiger partial charge is 0.394 e. The quantitative estimate of drug-likeness (QED) is 0.110. The molecule has 0 aromatic rings. The molecule has 5 saturated heterocycles. The Morgan fingerprint density at radius 1 is 0.734 bits per heavy atom. The van der Waals surface area contributed by atoms with Gasteiger partial charge in [0.05, 0.1) is 36.8 Å². The number of nitroso groups, excluding NO2 is 1. The lowest BCUT2D eigenvalue weighted by Crippen LogP contribution is -2.67. The van der Waals surface area contributed by atoms with Crippen LogP contribution in [0, 0.1) is 51.2 Å². The zero-order valence-electron chi connectivity index (χ0n) is 37.5. The van der Waals surface area contributed by atoms with Crippen molar-refractivity contribution in [2.45, 2.75) is 202 Å². The van der Waals surface area contributed by atoms with E-state index in [0.29, 0.717) is 49.0 Å². The van der Waals surface area contributed by atoms with E-state index in [2.05, 4.69) is 39.1 Å². The second kappa shape index (κ2) is 17.8. The topological polar surface area (TPSA) is 279 Å². The van der Waals surface area contributed by atoms with Crippen LogP contribution in [0.1, 0.15) is 92.4 Å². The number of piperidine rings is 1. The van der Waals surface area contributed by atoms with Gasteiger partial charge in [0.2, 0.25) is 0 Å². The molecule has 0 amide bonds. The van der Waals surface area contributed by atoms with Gasteiger partial charge in [0.25, 0.3) is 0 Å². The first-order chi connectivity index (χ1) is 30.4. The van der Waals surface area contributed by atoms with Crippen LogP contribution in [0.2, 0.25) is 0 Å². The van der Waals surface area contributed by atoms with E-state index in [1.165, 1.54) is 12.5 Å². The Bertz CT molecular complexity index is 1710. The number of aliphatic hydroxyl groups is 9. The van der Waals surface area contributed by atoms with Crippen LogP contribution in [-0.2, 0) is 33.2 Å². The van der Waals surface area contributed by atoms with Crippen molar-refractivity contribution in [2.24, 2.45) is 51.6 Å². The average molecular weight is 913 g/mol. The molecule has 9 rings (SSSR count). The van der Waals surface area contributed by atoms with Gasteiger partial charge in [-0.05, 0) is 105 Å². The first-order valence-corrected chi connectivity index (χ1v) is 23.8. The number of allylic oxidation sites excluding steroid dienone is 1. The van der Waals surface area contributed by atoms with Gasteiger partial charge >= 0.3 is 0 Å². The van der Waals surface area contributed by atoms with Crippen molar-refractivity contribution < 1.29 is 79.1 Å². The zero-order valence-corrected chi connectivity index (χ0v) is 37.5. The van der Waals surface area contributed by atoms with Crippen molar-refractivity contribution in [2.75, 3.05) is 19.8 Å². The number of fused-ring (bicyclic) bond motifs is 7. The lowest BCUT2D eigenvalue weighted by atomic mass is 9.46. The minimum absolute atomic E-state index is 0.0747. The monoisotopic (exact) mass is 912 g/mol. The van der Waals surface area contributed by atoms with Crippen LogP contribution in [0.3, 0.4) is 0 Å². The van der Waals surface area contributed by atoms with Gasteiger partial charge in [0.1, 0.15) is 67.1 Å². The van der Waals surface area contributed by atoms with Crippen LogP contribution in [0.4, 0.5) is 0 Å². The fraction of sp³-hybridized carbons (Fsp3) is 0.956. The highest BCUT2D eigenvalue weighted by Gasteiger charge is 2.70. The van der Waals surface area contributed by atoms with E-state index in [9.17, 15) is 50.9 Å². The molecule has 4 aliphatic carbocycles. The van der Waals surface area contributed by atoms with Gasteiger partial charge in [0, 0.05) is 12.5 Å². The molecule has 64 heavy (non-hydrogen) atoms. The smallest absolute Gasteiger partial charge is 0.187 e. The highest BCUT2D eigenvalue weighted by atomic mass is 16.8. The number of ether oxygens (including phenoxy) is 7. The van der Waals surface area contributed by atoms with Gasteiger partial charge in [-0.15, -0.1) is 4.91 Å². The highest BCUT2D eigenvalue weighted by Crippen LogP contribution is 2.71. The summed E-state index contributed by atoms with van der Waals surface area (Å²) in [6.45, 7) is 9.99. The minimum Gasteiger partial charge on any atom is -0.394 e. The zero-order chi connectivity index (χ0) is 45.8. The van der Waals surface area contributed by atoms with Crippen molar-refractivity contribution in [3.63, 3.8) is 0 Å². The Hall–Kier alpha value is -1.50. The molecule has 5 heterocycles. The summed E-state index contributed by atoms with van der Waals surface area (Å²) >= 11 is 0. The maximum atomic E-state index is 12.2. The van der Waals surface area contributed by atoms with Gasteiger partial charge in [-0.2, -0.15) is 0 Å². The predicted molar refractivity (Wildman–Crippen MR) is 221 cm³/mol. The molecule has 19 nitrogen and oxygen atoms in total. The van der Waals surface area contributed by atoms with Gasteiger partial charge in [0.15, 0.2) is 24.6 Å². The number of nitrogens with zero attached hydrogens (tertiary/aromatic N) is 2. The van der Waals surface area contributed by atoms with Gasteiger partial charge in [-0.1, -0.05) is 39.3 Å².